The predicted octanol–water partition coefficient (Wildman–Crippen LogP) is 3.59. The van der Waals surface area contributed by atoms with Crippen molar-refractivity contribution < 1.29 is 5.11 Å². The number of rotatable bonds is 4. The van der Waals surface area contributed by atoms with Gasteiger partial charge in [-0.1, -0.05) is 35.9 Å². The Morgan fingerprint density at radius 2 is 1.71 bits per heavy atom. The molecule has 5 heteroatoms. The highest BCUT2D eigenvalue weighted by Gasteiger charge is 2.16. The molecule has 1 fully saturated rings. The van der Waals surface area contributed by atoms with E-state index in [1.165, 1.54) is 5.56 Å². The van der Waals surface area contributed by atoms with E-state index >= 15 is 0 Å². The highest BCUT2D eigenvalue weighted by molar-refractivity contribution is 6.30. The number of benzene rings is 2. The SMILES string of the molecule is C/C(=N/N1CCN(Cc2ccc(Cl)cc2)CC1)c1ccccc1O. The van der Waals surface area contributed by atoms with Crippen LogP contribution in [0.5, 0.6) is 5.75 Å². The van der Waals surface area contributed by atoms with E-state index in [-0.39, 0.29) is 5.75 Å². The van der Waals surface area contributed by atoms with Gasteiger partial charge in [0.1, 0.15) is 5.75 Å². The second-order valence-electron chi connectivity index (χ2n) is 6.06. The largest absolute Gasteiger partial charge is 0.507 e. The molecule has 1 N–H and O–H groups in total. The Hall–Kier alpha value is -2.04. The van der Waals surface area contributed by atoms with Crippen LogP contribution in [0.1, 0.15) is 18.1 Å². The first-order valence-corrected chi connectivity index (χ1v) is 8.55. The van der Waals surface area contributed by atoms with Gasteiger partial charge in [0, 0.05) is 43.3 Å². The van der Waals surface area contributed by atoms with E-state index in [1.807, 2.05) is 37.3 Å². The summed E-state index contributed by atoms with van der Waals surface area (Å²) in [6.07, 6.45) is 0. The lowest BCUT2D eigenvalue weighted by molar-refractivity contribution is 0.130. The van der Waals surface area contributed by atoms with Crippen LogP contribution in [0.4, 0.5) is 0 Å². The molecule has 2 aromatic carbocycles. The molecule has 0 aromatic heterocycles. The van der Waals surface area contributed by atoms with Crippen LogP contribution < -0.4 is 0 Å². The lowest BCUT2D eigenvalue weighted by Crippen LogP contribution is -2.43. The van der Waals surface area contributed by atoms with Gasteiger partial charge >= 0.3 is 0 Å². The van der Waals surface area contributed by atoms with Crippen molar-refractivity contribution in [3.05, 3.63) is 64.7 Å². The molecule has 3 rings (SSSR count). The summed E-state index contributed by atoms with van der Waals surface area (Å²) in [5, 5.41) is 17.4. The topological polar surface area (TPSA) is 39.1 Å². The highest BCUT2D eigenvalue weighted by Crippen LogP contribution is 2.18. The Balaban J connectivity index is 1.56. The fourth-order valence-corrected chi connectivity index (χ4v) is 3.02. The molecule has 0 aliphatic carbocycles. The lowest BCUT2D eigenvalue weighted by Gasteiger charge is -2.33. The van der Waals surface area contributed by atoms with Crippen LogP contribution in [0.2, 0.25) is 5.02 Å². The summed E-state index contributed by atoms with van der Waals surface area (Å²) in [6, 6.07) is 15.4. The van der Waals surface area contributed by atoms with Crippen molar-refractivity contribution in [2.24, 2.45) is 5.10 Å². The van der Waals surface area contributed by atoms with Gasteiger partial charge in [-0.25, -0.2) is 0 Å². The van der Waals surface area contributed by atoms with E-state index in [0.29, 0.717) is 0 Å². The van der Waals surface area contributed by atoms with Crippen LogP contribution in [-0.4, -0.2) is 46.9 Å². The van der Waals surface area contributed by atoms with Gasteiger partial charge < -0.3 is 5.11 Å². The van der Waals surface area contributed by atoms with Crippen molar-refractivity contribution in [1.29, 1.82) is 0 Å². The van der Waals surface area contributed by atoms with Crippen molar-refractivity contribution in [2.75, 3.05) is 26.2 Å². The van der Waals surface area contributed by atoms with Gasteiger partial charge in [-0.3, -0.25) is 9.91 Å². The Bertz CT molecular complexity index is 707. The van der Waals surface area contributed by atoms with E-state index in [0.717, 1.165) is 49.0 Å². The number of hydrogen-bond donors (Lipinski definition) is 1. The second-order valence-corrected chi connectivity index (χ2v) is 6.50. The number of nitrogens with zero attached hydrogens (tertiary/aromatic N) is 3. The van der Waals surface area contributed by atoms with Gasteiger partial charge in [-0.15, -0.1) is 0 Å². The minimum absolute atomic E-state index is 0.278. The minimum Gasteiger partial charge on any atom is -0.507 e. The molecule has 1 saturated heterocycles. The Morgan fingerprint density at radius 3 is 2.38 bits per heavy atom. The van der Waals surface area contributed by atoms with Gasteiger partial charge in [0.05, 0.1) is 5.71 Å². The van der Waals surface area contributed by atoms with Crippen molar-refractivity contribution >= 4 is 17.3 Å². The summed E-state index contributed by atoms with van der Waals surface area (Å²) in [5.74, 6) is 0.278. The molecule has 0 bridgehead atoms. The Labute approximate surface area is 148 Å². The van der Waals surface area contributed by atoms with Gasteiger partial charge in [-0.2, -0.15) is 5.10 Å². The summed E-state index contributed by atoms with van der Waals surface area (Å²) >= 11 is 5.93. The van der Waals surface area contributed by atoms with E-state index < -0.39 is 0 Å². The summed E-state index contributed by atoms with van der Waals surface area (Å²) in [4.78, 5) is 2.42. The third-order valence-electron chi connectivity index (χ3n) is 4.25. The van der Waals surface area contributed by atoms with Crippen molar-refractivity contribution in [1.82, 2.24) is 9.91 Å². The molecule has 0 amide bonds. The third-order valence-corrected chi connectivity index (χ3v) is 4.51. The average Bonchev–Trinajstić information content (AvgIpc) is 2.59. The van der Waals surface area contributed by atoms with Crippen LogP contribution in [0.15, 0.2) is 53.6 Å². The molecule has 24 heavy (non-hydrogen) atoms. The Kier molecular flexibility index (Phi) is 5.38. The zero-order valence-electron chi connectivity index (χ0n) is 13.8. The molecule has 1 aliphatic rings. The third kappa shape index (κ3) is 4.28. The maximum atomic E-state index is 9.92. The highest BCUT2D eigenvalue weighted by atomic mass is 35.5. The molecule has 0 radical (unpaired) electrons. The molecule has 0 saturated carbocycles. The molecule has 4 nitrogen and oxygen atoms in total. The number of para-hydroxylation sites is 1. The first kappa shape index (κ1) is 16.8. The van der Waals surface area contributed by atoms with Crippen LogP contribution in [-0.2, 0) is 6.54 Å². The molecule has 2 aromatic rings. The summed E-state index contributed by atoms with van der Waals surface area (Å²) in [7, 11) is 0. The van der Waals surface area contributed by atoms with Crippen LogP contribution in [0.3, 0.4) is 0 Å². The fraction of sp³-hybridized carbons (Fsp3) is 0.316. The molecule has 0 atom stereocenters. The van der Waals surface area contributed by atoms with E-state index in [2.05, 4.69) is 27.1 Å². The number of phenols is 1. The van der Waals surface area contributed by atoms with Crippen LogP contribution >= 0.6 is 11.6 Å². The van der Waals surface area contributed by atoms with Crippen LogP contribution in [0, 0.1) is 0 Å². The molecular weight excluding hydrogens is 322 g/mol. The standard InChI is InChI=1S/C19H22ClN3O/c1-15(18-4-2-3-5-19(18)24)21-23-12-10-22(11-13-23)14-16-6-8-17(20)9-7-16/h2-9,24H,10-14H2,1H3/b21-15-. The number of phenolic OH excluding ortho intramolecular Hbond substituents is 1. The quantitative estimate of drug-likeness (QED) is 0.862. The maximum absolute atomic E-state index is 9.92. The second kappa shape index (κ2) is 7.69. The van der Waals surface area contributed by atoms with Crippen molar-refractivity contribution in [3.8, 4) is 5.75 Å². The molecule has 1 heterocycles. The van der Waals surface area contributed by atoms with E-state index in [1.54, 1.807) is 6.07 Å². The number of halogens is 1. The van der Waals surface area contributed by atoms with E-state index in [9.17, 15) is 5.11 Å². The first-order valence-electron chi connectivity index (χ1n) is 8.17. The number of hydrogen-bond acceptors (Lipinski definition) is 4. The van der Waals surface area contributed by atoms with Gasteiger partial charge in [0.25, 0.3) is 0 Å². The summed E-state index contributed by atoms with van der Waals surface area (Å²) in [5.41, 5.74) is 2.92. The average molecular weight is 344 g/mol. The maximum Gasteiger partial charge on any atom is 0.124 e. The van der Waals surface area contributed by atoms with Crippen molar-refractivity contribution in [3.63, 3.8) is 0 Å². The number of piperazine rings is 1. The molecular formula is C19H22ClN3O. The Morgan fingerprint density at radius 1 is 1.04 bits per heavy atom. The summed E-state index contributed by atoms with van der Waals surface area (Å²) < 4.78 is 0. The monoisotopic (exact) mass is 343 g/mol. The molecule has 1 aliphatic heterocycles. The van der Waals surface area contributed by atoms with Gasteiger partial charge in [-0.05, 0) is 36.8 Å². The number of aromatic hydroxyl groups is 1. The normalized spacial score (nSPS) is 16.4. The van der Waals surface area contributed by atoms with Gasteiger partial charge in [0.2, 0.25) is 0 Å². The fourth-order valence-electron chi connectivity index (χ4n) is 2.89. The zero-order chi connectivity index (χ0) is 16.9. The lowest BCUT2D eigenvalue weighted by atomic mass is 10.1. The van der Waals surface area contributed by atoms with Gasteiger partial charge in [0.15, 0.2) is 0 Å². The molecule has 0 spiro atoms. The first-order chi connectivity index (χ1) is 11.6. The van der Waals surface area contributed by atoms with Crippen molar-refractivity contribution in [2.45, 2.75) is 13.5 Å². The molecule has 126 valence electrons. The predicted molar refractivity (Wildman–Crippen MR) is 98.6 cm³/mol. The number of hydrazone groups is 1. The zero-order valence-corrected chi connectivity index (χ0v) is 14.6. The summed E-state index contributed by atoms with van der Waals surface area (Å²) in [6.45, 7) is 6.60. The smallest absolute Gasteiger partial charge is 0.124 e. The molecule has 0 unspecified atom stereocenters. The van der Waals surface area contributed by atoms with Crippen LogP contribution in [0.25, 0.3) is 0 Å². The minimum atomic E-state index is 0.278. The van der Waals surface area contributed by atoms with E-state index in [4.69, 9.17) is 11.6 Å².